The number of rotatable bonds is 4. The molecule has 0 radical (unpaired) electrons. The van der Waals surface area contributed by atoms with E-state index in [0.29, 0.717) is 24.3 Å². The summed E-state index contributed by atoms with van der Waals surface area (Å²) in [5.74, 6) is -0.455. The molecule has 2 fully saturated rings. The van der Waals surface area contributed by atoms with Crippen molar-refractivity contribution in [1.29, 1.82) is 0 Å². The van der Waals surface area contributed by atoms with Gasteiger partial charge in [-0.2, -0.15) is 0 Å². The molecule has 2 aromatic carbocycles. The first-order valence-electron chi connectivity index (χ1n) is 13.0. The van der Waals surface area contributed by atoms with E-state index in [2.05, 4.69) is 48.9 Å². The van der Waals surface area contributed by atoms with Crippen molar-refractivity contribution in [3.05, 3.63) is 64.7 Å². The van der Waals surface area contributed by atoms with Crippen molar-refractivity contribution in [1.82, 2.24) is 10.6 Å². The highest BCUT2D eigenvalue weighted by molar-refractivity contribution is 6.31. The number of anilines is 1. The SMILES string of the molecule is CC(C)(C)[C@@H]1N[C@@H](C(=O)NC2CCC(O)CC2)[C@H](Cc2ccccc2)C12C(=O)Nc1cc(Cl)ccc12. The minimum Gasteiger partial charge on any atom is -0.393 e. The molecular weight excluding hydrogens is 474 g/mol. The summed E-state index contributed by atoms with van der Waals surface area (Å²) < 4.78 is 0. The average molecular weight is 510 g/mol. The zero-order valence-corrected chi connectivity index (χ0v) is 21.9. The second-order valence-electron chi connectivity index (χ2n) is 11.8. The van der Waals surface area contributed by atoms with Crippen molar-refractivity contribution >= 4 is 29.1 Å². The quantitative estimate of drug-likeness (QED) is 0.497. The highest BCUT2D eigenvalue weighted by Crippen LogP contribution is 2.55. The number of halogens is 1. The molecule has 4 atom stereocenters. The summed E-state index contributed by atoms with van der Waals surface area (Å²) in [5, 5.41) is 20.5. The molecular formula is C29H36ClN3O3. The maximum Gasteiger partial charge on any atom is 0.237 e. The number of nitrogens with one attached hydrogen (secondary N) is 3. The zero-order valence-electron chi connectivity index (χ0n) is 21.2. The third kappa shape index (κ3) is 4.33. The number of carbonyl (C=O) groups excluding carboxylic acids is 2. The van der Waals surface area contributed by atoms with Crippen molar-refractivity contribution in [3.63, 3.8) is 0 Å². The molecule has 36 heavy (non-hydrogen) atoms. The first-order valence-corrected chi connectivity index (χ1v) is 13.4. The Bertz CT molecular complexity index is 1140. The number of aliphatic hydroxyl groups excluding tert-OH is 1. The fourth-order valence-corrected chi connectivity index (χ4v) is 6.91. The lowest BCUT2D eigenvalue weighted by atomic mass is 9.60. The summed E-state index contributed by atoms with van der Waals surface area (Å²) in [5.41, 5.74) is 1.48. The number of amides is 2. The van der Waals surface area contributed by atoms with E-state index < -0.39 is 11.5 Å². The maximum absolute atomic E-state index is 14.1. The largest absolute Gasteiger partial charge is 0.393 e. The van der Waals surface area contributed by atoms with Crippen molar-refractivity contribution in [2.75, 3.05) is 5.32 Å². The van der Waals surface area contributed by atoms with Gasteiger partial charge in [0.05, 0.1) is 17.6 Å². The van der Waals surface area contributed by atoms with E-state index in [1.807, 2.05) is 36.4 Å². The van der Waals surface area contributed by atoms with Crippen molar-refractivity contribution in [3.8, 4) is 0 Å². The third-order valence-electron chi connectivity index (χ3n) is 8.33. The summed E-state index contributed by atoms with van der Waals surface area (Å²) in [4.78, 5) is 28.0. The van der Waals surface area contributed by atoms with Gasteiger partial charge in [-0.25, -0.2) is 0 Å². The first-order chi connectivity index (χ1) is 17.1. The topological polar surface area (TPSA) is 90.5 Å². The normalized spacial score (nSPS) is 31.8. The fourth-order valence-electron chi connectivity index (χ4n) is 6.74. The van der Waals surface area contributed by atoms with Crippen LogP contribution in [-0.4, -0.2) is 41.2 Å². The van der Waals surface area contributed by atoms with Crippen molar-refractivity contribution in [2.45, 2.75) is 82.5 Å². The Kier molecular flexibility index (Phi) is 6.64. The van der Waals surface area contributed by atoms with Gasteiger partial charge in [0.25, 0.3) is 0 Å². The molecule has 7 heteroatoms. The van der Waals surface area contributed by atoms with Crippen LogP contribution in [-0.2, 0) is 21.4 Å². The summed E-state index contributed by atoms with van der Waals surface area (Å²) in [6.07, 6.45) is 3.21. The van der Waals surface area contributed by atoms with Gasteiger partial charge in [-0.05, 0) is 60.8 Å². The zero-order chi connectivity index (χ0) is 25.7. The molecule has 0 aromatic heterocycles. The van der Waals surface area contributed by atoms with Crippen LogP contribution < -0.4 is 16.0 Å². The van der Waals surface area contributed by atoms with Crippen LogP contribution in [0.25, 0.3) is 0 Å². The Morgan fingerprint density at radius 3 is 2.47 bits per heavy atom. The lowest BCUT2D eigenvalue weighted by Crippen LogP contribution is -2.55. The molecule has 1 saturated heterocycles. The van der Waals surface area contributed by atoms with Crippen LogP contribution in [0, 0.1) is 11.3 Å². The van der Waals surface area contributed by atoms with Crippen molar-refractivity contribution in [2.24, 2.45) is 11.3 Å². The van der Waals surface area contributed by atoms with Gasteiger partial charge in [-0.1, -0.05) is 68.8 Å². The molecule has 1 spiro atoms. The molecule has 6 nitrogen and oxygen atoms in total. The Labute approximate surface area is 218 Å². The molecule has 2 amide bonds. The molecule has 3 aliphatic rings. The highest BCUT2D eigenvalue weighted by Gasteiger charge is 2.67. The lowest BCUT2D eigenvalue weighted by molar-refractivity contribution is -0.126. The van der Waals surface area contributed by atoms with Gasteiger partial charge in [-0.3, -0.25) is 9.59 Å². The second-order valence-corrected chi connectivity index (χ2v) is 12.2. The van der Waals surface area contributed by atoms with Crippen LogP contribution in [0.1, 0.15) is 57.6 Å². The van der Waals surface area contributed by atoms with E-state index in [9.17, 15) is 14.7 Å². The Hall–Kier alpha value is -2.41. The Morgan fingerprint density at radius 1 is 1.11 bits per heavy atom. The predicted octanol–water partition coefficient (Wildman–Crippen LogP) is 4.20. The Balaban J connectivity index is 1.59. The lowest BCUT2D eigenvalue weighted by Gasteiger charge is -2.41. The van der Waals surface area contributed by atoms with Crippen LogP contribution in [0.3, 0.4) is 0 Å². The second kappa shape index (κ2) is 9.47. The maximum atomic E-state index is 14.1. The number of hydrogen-bond acceptors (Lipinski definition) is 4. The third-order valence-corrected chi connectivity index (χ3v) is 8.57. The van der Waals surface area contributed by atoms with Gasteiger partial charge in [0.2, 0.25) is 11.8 Å². The van der Waals surface area contributed by atoms with Gasteiger partial charge < -0.3 is 21.1 Å². The molecule has 0 bridgehead atoms. The molecule has 192 valence electrons. The van der Waals surface area contributed by atoms with E-state index >= 15 is 0 Å². The van der Waals surface area contributed by atoms with E-state index in [4.69, 9.17) is 11.6 Å². The molecule has 2 aliphatic heterocycles. The fraction of sp³-hybridized carbons (Fsp3) is 0.517. The van der Waals surface area contributed by atoms with Gasteiger partial charge in [0.1, 0.15) is 0 Å². The molecule has 1 saturated carbocycles. The van der Waals surface area contributed by atoms with E-state index in [1.54, 1.807) is 0 Å². The summed E-state index contributed by atoms with van der Waals surface area (Å²) in [6, 6.07) is 14.9. The number of fused-ring (bicyclic) bond motifs is 2. The van der Waals surface area contributed by atoms with Crippen LogP contribution in [0.15, 0.2) is 48.5 Å². The molecule has 1 aliphatic carbocycles. The average Bonchev–Trinajstić information content (AvgIpc) is 3.31. The van der Waals surface area contributed by atoms with Crippen LogP contribution in [0.4, 0.5) is 5.69 Å². The molecule has 2 heterocycles. The standard InChI is InChI=1S/C29H36ClN3O3/c1-28(2,3)26-29(21-14-9-18(30)16-23(21)32-27(29)36)22(15-17-7-5-4-6-8-17)24(33-26)25(35)31-19-10-12-20(34)13-11-19/h4-9,14,16,19-20,22,24,26,33-34H,10-13,15H2,1-3H3,(H,31,35)(H,32,36)/t19?,20?,22-,24+,26-,29?/m0/s1. The first kappa shape index (κ1) is 25.2. The van der Waals surface area contributed by atoms with Gasteiger partial charge in [0.15, 0.2) is 0 Å². The van der Waals surface area contributed by atoms with E-state index in [-0.39, 0.29) is 41.3 Å². The van der Waals surface area contributed by atoms with Crippen LogP contribution in [0.2, 0.25) is 5.02 Å². The summed E-state index contributed by atoms with van der Waals surface area (Å²) in [6.45, 7) is 6.36. The van der Waals surface area contributed by atoms with Gasteiger partial charge in [-0.15, -0.1) is 0 Å². The number of benzene rings is 2. The van der Waals surface area contributed by atoms with Gasteiger partial charge in [0, 0.05) is 28.7 Å². The number of hydrogen-bond donors (Lipinski definition) is 4. The van der Waals surface area contributed by atoms with Crippen LogP contribution >= 0.6 is 11.6 Å². The molecule has 4 N–H and O–H groups in total. The number of carbonyl (C=O) groups is 2. The number of aliphatic hydroxyl groups is 1. The predicted molar refractivity (Wildman–Crippen MR) is 142 cm³/mol. The van der Waals surface area contributed by atoms with Crippen LogP contribution in [0.5, 0.6) is 0 Å². The smallest absolute Gasteiger partial charge is 0.237 e. The minimum absolute atomic E-state index is 0.0354. The monoisotopic (exact) mass is 509 g/mol. The van der Waals surface area contributed by atoms with Crippen molar-refractivity contribution < 1.29 is 14.7 Å². The summed E-state index contributed by atoms with van der Waals surface area (Å²) >= 11 is 6.31. The van der Waals surface area contributed by atoms with E-state index in [1.165, 1.54) is 0 Å². The molecule has 2 aromatic rings. The van der Waals surface area contributed by atoms with Gasteiger partial charge >= 0.3 is 0 Å². The Morgan fingerprint density at radius 2 is 1.81 bits per heavy atom. The minimum atomic E-state index is -0.932. The summed E-state index contributed by atoms with van der Waals surface area (Å²) in [7, 11) is 0. The highest BCUT2D eigenvalue weighted by atomic mass is 35.5. The van der Waals surface area contributed by atoms with E-state index in [0.717, 1.165) is 29.7 Å². The molecule has 5 rings (SSSR count). The molecule has 1 unspecified atom stereocenters.